The Morgan fingerprint density at radius 3 is 2.31 bits per heavy atom. The second kappa shape index (κ2) is 8.82. The van der Waals surface area contributed by atoms with Crippen molar-refractivity contribution in [2.45, 2.75) is 26.3 Å². The quantitative estimate of drug-likeness (QED) is 0.621. The summed E-state index contributed by atoms with van der Waals surface area (Å²) in [5, 5.41) is 0.367. The maximum Gasteiger partial charge on any atom is 0.328 e. The van der Waals surface area contributed by atoms with Crippen molar-refractivity contribution in [2.24, 2.45) is 5.92 Å². The van der Waals surface area contributed by atoms with Gasteiger partial charge in [-0.1, -0.05) is 0 Å². The third-order valence-corrected chi connectivity index (χ3v) is 6.07. The van der Waals surface area contributed by atoms with E-state index in [1.165, 1.54) is 0 Å². The van der Waals surface area contributed by atoms with Crippen molar-refractivity contribution in [1.29, 1.82) is 0 Å². The topological polar surface area (TPSA) is 101 Å². The summed E-state index contributed by atoms with van der Waals surface area (Å²) in [7, 11) is 1.58. The molecule has 8 heteroatoms. The fraction of sp³-hybridized carbons (Fsp3) is 0.333. The van der Waals surface area contributed by atoms with Gasteiger partial charge in [-0.2, -0.15) is 0 Å². The van der Waals surface area contributed by atoms with E-state index in [9.17, 15) is 19.2 Å². The van der Waals surface area contributed by atoms with Gasteiger partial charge in [-0.25, -0.2) is 4.79 Å². The molecular weight excluding hydrogens is 410 g/mol. The molecule has 1 amide bonds. The molecule has 2 aromatic carbocycles. The fourth-order valence-electron chi connectivity index (χ4n) is 4.19. The maximum absolute atomic E-state index is 13.0. The molecule has 3 aromatic rings. The standard InChI is InChI=1S/C24H25N3O5/c1-3-27-23(30)19-9-6-17(14-20(19)25-24(27)31)22(29)26-12-10-16(11-13-26)21(28)15-4-7-18(32-2)8-5-15/h4-9,14,16H,3,10-13H2,1-2H3,(H,25,31). The highest BCUT2D eigenvalue weighted by molar-refractivity contribution is 5.99. The number of piperidine rings is 1. The second-order valence-electron chi connectivity index (χ2n) is 7.90. The number of carbonyl (C=O) groups is 2. The van der Waals surface area contributed by atoms with Crippen LogP contribution in [0, 0.1) is 5.92 Å². The summed E-state index contributed by atoms with van der Waals surface area (Å²) in [5.41, 5.74) is 0.532. The van der Waals surface area contributed by atoms with E-state index in [-0.39, 0.29) is 29.7 Å². The van der Waals surface area contributed by atoms with Crippen LogP contribution in [-0.2, 0) is 6.54 Å². The van der Waals surface area contributed by atoms with Gasteiger partial charge in [-0.05, 0) is 62.2 Å². The monoisotopic (exact) mass is 435 g/mol. The van der Waals surface area contributed by atoms with Crippen molar-refractivity contribution in [3.05, 3.63) is 74.4 Å². The lowest BCUT2D eigenvalue weighted by Crippen LogP contribution is -2.40. The first-order valence-corrected chi connectivity index (χ1v) is 10.7. The number of aromatic amines is 1. The summed E-state index contributed by atoms with van der Waals surface area (Å²) in [6.07, 6.45) is 1.17. The van der Waals surface area contributed by atoms with Crippen molar-refractivity contribution < 1.29 is 14.3 Å². The molecule has 8 nitrogen and oxygen atoms in total. The number of aromatic nitrogens is 2. The van der Waals surface area contributed by atoms with Crippen LogP contribution in [-0.4, -0.2) is 46.3 Å². The zero-order valence-electron chi connectivity index (χ0n) is 18.1. The van der Waals surface area contributed by atoms with Gasteiger partial charge in [0.2, 0.25) is 0 Å². The van der Waals surface area contributed by atoms with E-state index < -0.39 is 5.69 Å². The number of nitrogens with zero attached hydrogens (tertiary/aromatic N) is 2. The van der Waals surface area contributed by atoms with E-state index in [2.05, 4.69) is 4.98 Å². The Morgan fingerprint density at radius 1 is 1.03 bits per heavy atom. The molecule has 1 aliphatic heterocycles. The number of methoxy groups -OCH3 is 1. The van der Waals surface area contributed by atoms with Crippen LogP contribution in [0.4, 0.5) is 0 Å². The highest BCUT2D eigenvalue weighted by Gasteiger charge is 2.28. The lowest BCUT2D eigenvalue weighted by atomic mass is 9.88. The Morgan fingerprint density at radius 2 is 1.69 bits per heavy atom. The van der Waals surface area contributed by atoms with Crippen LogP contribution in [0.15, 0.2) is 52.1 Å². The average Bonchev–Trinajstić information content (AvgIpc) is 2.83. The Kier molecular flexibility index (Phi) is 5.94. The van der Waals surface area contributed by atoms with Crippen LogP contribution in [0.2, 0.25) is 0 Å². The van der Waals surface area contributed by atoms with Crippen molar-refractivity contribution in [1.82, 2.24) is 14.5 Å². The van der Waals surface area contributed by atoms with Crippen LogP contribution in [0.25, 0.3) is 10.9 Å². The minimum absolute atomic E-state index is 0.0789. The molecule has 1 aromatic heterocycles. The molecule has 4 rings (SSSR count). The second-order valence-corrected chi connectivity index (χ2v) is 7.90. The molecule has 32 heavy (non-hydrogen) atoms. The lowest BCUT2D eigenvalue weighted by molar-refractivity contribution is 0.0650. The van der Waals surface area contributed by atoms with Crippen LogP contribution in [0.3, 0.4) is 0 Å². The molecule has 1 aliphatic rings. The highest BCUT2D eigenvalue weighted by Crippen LogP contribution is 2.24. The number of fused-ring (bicyclic) bond motifs is 1. The Hall–Kier alpha value is -3.68. The van der Waals surface area contributed by atoms with Crippen LogP contribution in [0.5, 0.6) is 5.75 Å². The first kappa shape index (κ1) is 21.5. The molecule has 0 aliphatic carbocycles. The first-order chi connectivity index (χ1) is 15.4. The largest absolute Gasteiger partial charge is 0.497 e. The normalized spacial score (nSPS) is 14.5. The fourth-order valence-corrected chi connectivity index (χ4v) is 4.19. The number of carbonyl (C=O) groups excluding carboxylic acids is 2. The van der Waals surface area contributed by atoms with Gasteiger partial charge in [-0.3, -0.25) is 19.0 Å². The number of benzene rings is 2. The SMILES string of the molecule is CCn1c(=O)[nH]c2cc(C(=O)N3CCC(C(=O)c4ccc(OC)cc4)CC3)ccc2c1=O. The first-order valence-electron chi connectivity index (χ1n) is 10.7. The average molecular weight is 435 g/mol. The summed E-state index contributed by atoms with van der Waals surface area (Å²) in [6, 6.07) is 11.8. The minimum Gasteiger partial charge on any atom is -0.497 e. The zero-order valence-corrected chi connectivity index (χ0v) is 18.1. The molecule has 1 N–H and O–H groups in total. The van der Waals surface area contributed by atoms with E-state index >= 15 is 0 Å². The van der Waals surface area contributed by atoms with E-state index in [0.29, 0.717) is 53.7 Å². The molecule has 1 saturated heterocycles. The van der Waals surface area contributed by atoms with Crippen molar-refractivity contribution in [2.75, 3.05) is 20.2 Å². The van der Waals surface area contributed by atoms with E-state index in [4.69, 9.17) is 4.74 Å². The lowest BCUT2D eigenvalue weighted by Gasteiger charge is -2.31. The van der Waals surface area contributed by atoms with Crippen molar-refractivity contribution >= 4 is 22.6 Å². The summed E-state index contributed by atoms with van der Waals surface area (Å²) >= 11 is 0. The third-order valence-electron chi connectivity index (χ3n) is 6.07. The molecule has 0 atom stereocenters. The van der Waals surface area contributed by atoms with E-state index in [0.717, 1.165) is 4.57 Å². The van der Waals surface area contributed by atoms with Crippen molar-refractivity contribution in [3.63, 3.8) is 0 Å². The number of rotatable bonds is 5. The summed E-state index contributed by atoms with van der Waals surface area (Å²) < 4.78 is 6.25. The van der Waals surface area contributed by atoms with Crippen LogP contribution < -0.4 is 16.0 Å². The van der Waals surface area contributed by atoms with Gasteiger partial charge in [0.15, 0.2) is 5.78 Å². The van der Waals surface area contributed by atoms with E-state index in [1.54, 1.807) is 61.4 Å². The number of hydrogen-bond donors (Lipinski definition) is 1. The molecular formula is C24H25N3O5. The van der Waals surface area contributed by atoms with Crippen LogP contribution in [0.1, 0.15) is 40.5 Å². The number of nitrogens with one attached hydrogen (secondary N) is 1. The molecule has 0 saturated carbocycles. The number of amides is 1. The predicted molar refractivity (Wildman–Crippen MR) is 120 cm³/mol. The number of Topliss-reactive ketones (excluding diaryl/α,β-unsaturated/α-hetero) is 1. The molecule has 0 spiro atoms. The Bertz CT molecular complexity index is 1280. The number of likely N-dealkylation sites (tertiary alicyclic amines) is 1. The van der Waals surface area contributed by atoms with Gasteiger partial charge in [0, 0.05) is 36.7 Å². The number of H-pyrrole nitrogens is 1. The smallest absolute Gasteiger partial charge is 0.328 e. The van der Waals surface area contributed by atoms with Gasteiger partial charge < -0.3 is 14.6 Å². The summed E-state index contributed by atoms with van der Waals surface area (Å²) in [5.74, 6) is 0.471. The molecule has 0 bridgehead atoms. The van der Waals surface area contributed by atoms with Crippen LogP contribution >= 0.6 is 0 Å². The molecule has 166 valence electrons. The minimum atomic E-state index is -0.493. The number of ether oxygens (including phenoxy) is 1. The molecule has 0 radical (unpaired) electrons. The maximum atomic E-state index is 13.0. The number of ketones is 1. The van der Waals surface area contributed by atoms with Crippen molar-refractivity contribution in [3.8, 4) is 5.75 Å². The Labute approximate surface area is 184 Å². The molecule has 2 heterocycles. The number of hydrogen-bond acceptors (Lipinski definition) is 5. The third kappa shape index (κ3) is 3.95. The zero-order chi connectivity index (χ0) is 22.8. The predicted octanol–water partition coefficient (Wildman–Crippen LogP) is 2.45. The van der Waals surface area contributed by atoms with Gasteiger partial charge in [-0.15, -0.1) is 0 Å². The van der Waals surface area contributed by atoms with Gasteiger partial charge in [0.05, 0.1) is 18.0 Å². The summed E-state index contributed by atoms with van der Waals surface area (Å²) in [4.78, 5) is 54.7. The molecule has 1 fully saturated rings. The van der Waals surface area contributed by atoms with Gasteiger partial charge >= 0.3 is 5.69 Å². The Balaban J connectivity index is 1.47. The highest BCUT2D eigenvalue weighted by atomic mass is 16.5. The molecule has 0 unspecified atom stereocenters. The summed E-state index contributed by atoms with van der Waals surface area (Å²) in [6.45, 7) is 2.94. The van der Waals surface area contributed by atoms with Gasteiger partial charge in [0.25, 0.3) is 11.5 Å². The van der Waals surface area contributed by atoms with E-state index in [1.807, 2.05) is 0 Å². The van der Waals surface area contributed by atoms with Gasteiger partial charge in [0.1, 0.15) is 5.75 Å².